The minimum Gasteiger partial charge on any atom is -0.508 e. The second-order valence-electron chi connectivity index (χ2n) is 13.6. The second-order valence-corrected chi connectivity index (χ2v) is 14.0. The van der Waals surface area contributed by atoms with Gasteiger partial charge in [0, 0.05) is 10.9 Å². The van der Waals surface area contributed by atoms with E-state index < -0.39 is 46.8 Å². The highest BCUT2D eigenvalue weighted by atomic mass is 35.5. The summed E-state index contributed by atoms with van der Waals surface area (Å²) < 4.78 is 0. The first-order valence-corrected chi connectivity index (χ1v) is 17.1. The molecule has 4 aromatic rings. The number of aryl methyl sites for hydroxylation is 1. The van der Waals surface area contributed by atoms with Gasteiger partial charge >= 0.3 is 0 Å². The standard InChI is InChI=1S/C41H34ClN3O5/c1-3-24-11-15-27(16-12-24)44-37(47)31-20-19-29-32(35(31)39(44)49)22-33-38(48)45(43-26-13-9-23(2)10-14-26)40(50)41(33,25-7-5-4-6-8-25)36(29)30-18-17-28(46)21-34(30)42/h3-19,21,31-33,35-36,43,46H,1,20,22H2,2H3. The molecule has 50 heavy (non-hydrogen) atoms. The molecular weight excluding hydrogens is 650 g/mol. The second kappa shape index (κ2) is 11.8. The zero-order valence-electron chi connectivity index (χ0n) is 27.3. The van der Waals surface area contributed by atoms with Gasteiger partial charge in [-0.2, -0.15) is 5.01 Å². The van der Waals surface area contributed by atoms with Crippen LogP contribution in [0, 0.1) is 30.6 Å². The Balaban J connectivity index is 1.31. The highest BCUT2D eigenvalue weighted by molar-refractivity contribution is 6.31. The first-order chi connectivity index (χ1) is 24.1. The van der Waals surface area contributed by atoms with E-state index in [1.54, 1.807) is 24.3 Å². The molecule has 8 nitrogen and oxygen atoms in total. The molecule has 6 atom stereocenters. The lowest BCUT2D eigenvalue weighted by Gasteiger charge is -2.50. The summed E-state index contributed by atoms with van der Waals surface area (Å²) >= 11 is 6.94. The van der Waals surface area contributed by atoms with Crippen molar-refractivity contribution >= 4 is 52.7 Å². The fraction of sp³-hybridized carbons (Fsp3) is 0.220. The number of nitrogens with one attached hydrogen (secondary N) is 1. The molecule has 2 aliphatic carbocycles. The minimum absolute atomic E-state index is 0.0414. The number of hydrogen-bond acceptors (Lipinski definition) is 6. The number of anilines is 2. The van der Waals surface area contributed by atoms with Gasteiger partial charge in [0.25, 0.3) is 11.8 Å². The molecule has 2 aliphatic heterocycles. The van der Waals surface area contributed by atoms with Gasteiger partial charge in [0.05, 0.1) is 34.5 Å². The van der Waals surface area contributed by atoms with Crippen LogP contribution in [0.25, 0.3) is 6.08 Å². The van der Waals surface area contributed by atoms with E-state index in [1.807, 2.05) is 79.7 Å². The molecule has 4 aromatic carbocycles. The predicted molar refractivity (Wildman–Crippen MR) is 191 cm³/mol. The number of hydrogen-bond donors (Lipinski definition) is 2. The largest absolute Gasteiger partial charge is 0.508 e. The van der Waals surface area contributed by atoms with Crippen molar-refractivity contribution in [2.24, 2.45) is 23.7 Å². The number of amides is 4. The number of halogens is 1. The van der Waals surface area contributed by atoms with Gasteiger partial charge < -0.3 is 5.11 Å². The van der Waals surface area contributed by atoms with E-state index in [2.05, 4.69) is 12.0 Å². The minimum atomic E-state index is -1.45. The smallest absolute Gasteiger partial charge is 0.260 e. The quantitative estimate of drug-likeness (QED) is 0.165. The van der Waals surface area contributed by atoms with Gasteiger partial charge in [-0.3, -0.25) is 29.5 Å². The molecule has 0 bridgehead atoms. The van der Waals surface area contributed by atoms with Crippen LogP contribution in [0.5, 0.6) is 5.75 Å². The number of nitrogens with zero attached hydrogens (tertiary/aromatic N) is 2. The summed E-state index contributed by atoms with van der Waals surface area (Å²) in [5, 5.41) is 11.7. The summed E-state index contributed by atoms with van der Waals surface area (Å²) in [7, 11) is 0. The van der Waals surface area contributed by atoms with Gasteiger partial charge in [-0.25, -0.2) is 0 Å². The van der Waals surface area contributed by atoms with Crippen LogP contribution < -0.4 is 10.3 Å². The molecule has 2 saturated heterocycles. The lowest BCUT2D eigenvalue weighted by Crippen LogP contribution is -2.53. The first-order valence-electron chi connectivity index (χ1n) is 16.7. The van der Waals surface area contributed by atoms with Crippen LogP contribution in [-0.2, 0) is 24.6 Å². The molecule has 4 aliphatic rings. The number of fused-ring (bicyclic) bond motifs is 4. The van der Waals surface area contributed by atoms with Gasteiger partial charge in [-0.15, -0.1) is 0 Å². The SMILES string of the molecule is C=Cc1ccc(N2C(=O)C3CC=C4C(CC5C(=O)N(Nc6ccc(C)cc6)C(=O)C5(c5ccccc5)C4c4ccc(O)cc4Cl)C3C2=O)cc1. The van der Waals surface area contributed by atoms with Crippen LogP contribution in [0.3, 0.4) is 0 Å². The van der Waals surface area contributed by atoms with Crippen molar-refractivity contribution in [1.29, 1.82) is 0 Å². The van der Waals surface area contributed by atoms with Crippen LogP contribution in [-0.4, -0.2) is 33.7 Å². The van der Waals surface area contributed by atoms with E-state index in [1.165, 1.54) is 17.0 Å². The van der Waals surface area contributed by atoms with Crippen LogP contribution in [0.15, 0.2) is 115 Å². The Labute approximate surface area is 294 Å². The van der Waals surface area contributed by atoms with Crippen molar-refractivity contribution in [2.45, 2.75) is 31.1 Å². The number of hydrazine groups is 1. The number of aromatic hydroxyl groups is 1. The van der Waals surface area contributed by atoms with Gasteiger partial charge in [-0.05, 0) is 78.8 Å². The van der Waals surface area contributed by atoms with E-state index in [9.17, 15) is 19.5 Å². The Morgan fingerprint density at radius 1 is 0.880 bits per heavy atom. The first kappa shape index (κ1) is 31.8. The molecule has 0 spiro atoms. The molecule has 2 heterocycles. The van der Waals surface area contributed by atoms with Crippen molar-refractivity contribution in [3.05, 3.63) is 143 Å². The number of carbonyl (C=O) groups excluding carboxylic acids is 4. The molecule has 0 radical (unpaired) electrons. The van der Waals surface area contributed by atoms with Crippen molar-refractivity contribution in [3.8, 4) is 5.75 Å². The molecule has 6 unspecified atom stereocenters. The Hall–Kier alpha value is -5.47. The fourth-order valence-corrected chi connectivity index (χ4v) is 9.14. The number of phenolic OH excluding ortho intramolecular Hbond substituents is 1. The highest BCUT2D eigenvalue weighted by Crippen LogP contribution is 2.64. The number of imide groups is 2. The molecule has 3 fully saturated rings. The summed E-state index contributed by atoms with van der Waals surface area (Å²) in [5.74, 6) is -5.09. The molecular formula is C41H34ClN3O5. The molecule has 9 heteroatoms. The lowest BCUT2D eigenvalue weighted by atomic mass is 9.49. The Bertz CT molecular complexity index is 2110. The van der Waals surface area contributed by atoms with E-state index >= 15 is 4.79 Å². The third kappa shape index (κ3) is 4.58. The number of benzene rings is 4. The molecule has 250 valence electrons. The van der Waals surface area contributed by atoms with Gasteiger partial charge in [0.2, 0.25) is 11.8 Å². The Kier molecular flexibility index (Phi) is 7.53. The van der Waals surface area contributed by atoms with Crippen LogP contribution in [0.4, 0.5) is 11.4 Å². The predicted octanol–water partition coefficient (Wildman–Crippen LogP) is 7.19. The summed E-state index contributed by atoms with van der Waals surface area (Å²) in [6.45, 7) is 5.75. The van der Waals surface area contributed by atoms with E-state index in [0.29, 0.717) is 22.5 Å². The average Bonchev–Trinajstić information content (AvgIpc) is 3.50. The fourth-order valence-electron chi connectivity index (χ4n) is 8.86. The molecule has 1 saturated carbocycles. The van der Waals surface area contributed by atoms with Crippen LogP contribution in [0.2, 0.25) is 5.02 Å². The van der Waals surface area contributed by atoms with Gasteiger partial charge in [0.15, 0.2) is 0 Å². The maximum absolute atomic E-state index is 15.2. The van der Waals surface area contributed by atoms with Crippen LogP contribution >= 0.6 is 11.6 Å². The number of rotatable bonds is 6. The summed E-state index contributed by atoms with van der Waals surface area (Å²) in [6.07, 6.45) is 4.15. The van der Waals surface area contributed by atoms with Crippen molar-refractivity contribution in [2.75, 3.05) is 10.3 Å². The maximum Gasteiger partial charge on any atom is 0.260 e. The summed E-state index contributed by atoms with van der Waals surface area (Å²) in [5.41, 5.74) is 6.59. The van der Waals surface area contributed by atoms with Crippen molar-refractivity contribution in [3.63, 3.8) is 0 Å². The van der Waals surface area contributed by atoms with E-state index in [4.69, 9.17) is 11.6 Å². The summed E-state index contributed by atoms with van der Waals surface area (Å²) in [4.78, 5) is 59.7. The average molecular weight is 684 g/mol. The van der Waals surface area contributed by atoms with Crippen molar-refractivity contribution < 1.29 is 24.3 Å². The normalized spacial score (nSPS) is 27.1. The van der Waals surface area contributed by atoms with E-state index in [0.717, 1.165) is 21.7 Å². The van der Waals surface area contributed by atoms with Gasteiger partial charge in [-0.1, -0.05) is 102 Å². The maximum atomic E-state index is 15.2. The third-order valence-corrected chi connectivity index (χ3v) is 11.4. The highest BCUT2D eigenvalue weighted by Gasteiger charge is 2.70. The van der Waals surface area contributed by atoms with Crippen LogP contribution in [0.1, 0.15) is 41.0 Å². The monoisotopic (exact) mass is 683 g/mol. The number of allylic oxidation sites excluding steroid dienone is 2. The molecule has 8 rings (SSSR count). The van der Waals surface area contributed by atoms with Gasteiger partial charge in [0.1, 0.15) is 5.75 Å². The zero-order chi connectivity index (χ0) is 34.9. The third-order valence-electron chi connectivity index (χ3n) is 11.1. The topological polar surface area (TPSA) is 107 Å². The van der Waals surface area contributed by atoms with E-state index in [-0.39, 0.29) is 35.4 Å². The Morgan fingerprint density at radius 2 is 1.60 bits per heavy atom. The number of carbonyl (C=O) groups is 4. The van der Waals surface area contributed by atoms with Crippen molar-refractivity contribution in [1.82, 2.24) is 5.01 Å². The summed E-state index contributed by atoms with van der Waals surface area (Å²) in [6, 6.07) is 28.4. The zero-order valence-corrected chi connectivity index (χ0v) is 28.0. The number of phenols is 1. The molecule has 4 amide bonds. The molecule has 2 N–H and O–H groups in total. The lowest BCUT2D eigenvalue weighted by molar-refractivity contribution is -0.138. The molecule has 0 aromatic heterocycles. The Morgan fingerprint density at radius 3 is 2.28 bits per heavy atom.